The number of hydrogen-bond acceptors (Lipinski definition) is 5. The fourth-order valence-corrected chi connectivity index (χ4v) is 3.49. The molecular formula is C23H25FN4O3. The molecule has 1 N–H and O–H groups in total. The van der Waals surface area contributed by atoms with Crippen LogP contribution in [0.2, 0.25) is 0 Å². The van der Waals surface area contributed by atoms with Crippen LogP contribution in [0.4, 0.5) is 4.39 Å². The number of nitrogens with zero attached hydrogens (tertiary/aromatic N) is 3. The number of carbonyl (C=O) groups excluding carboxylic acids is 1. The van der Waals surface area contributed by atoms with Crippen molar-refractivity contribution in [2.45, 2.75) is 0 Å². The number of benzene rings is 2. The van der Waals surface area contributed by atoms with Gasteiger partial charge in [0.2, 0.25) is 0 Å². The molecule has 3 aromatic rings. The number of aromatic nitrogens is 2. The summed E-state index contributed by atoms with van der Waals surface area (Å²) in [6.07, 6.45) is 0. The van der Waals surface area contributed by atoms with Crippen LogP contribution in [-0.4, -0.2) is 67.1 Å². The van der Waals surface area contributed by atoms with Crippen LogP contribution in [0.25, 0.3) is 16.9 Å². The lowest BCUT2D eigenvalue weighted by Gasteiger charge is -2.26. The Morgan fingerprint density at radius 2 is 1.94 bits per heavy atom. The molecule has 31 heavy (non-hydrogen) atoms. The molecule has 1 saturated heterocycles. The zero-order valence-electron chi connectivity index (χ0n) is 17.4. The Morgan fingerprint density at radius 1 is 1.16 bits per heavy atom. The second kappa shape index (κ2) is 9.72. The molecule has 0 spiro atoms. The lowest BCUT2D eigenvalue weighted by Crippen LogP contribution is -2.41. The van der Waals surface area contributed by atoms with Crippen molar-refractivity contribution in [2.75, 3.05) is 46.5 Å². The molecule has 2 heterocycles. The predicted molar refractivity (Wildman–Crippen MR) is 115 cm³/mol. The van der Waals surface area contributed by atoms with Crippen LogP contribution < -0.4 is 10.1 Å². The maximum atomic E-state index is 13.4. The third kappa shape index (κ3) is 5.10. The molecule has 1 amide bonds. The highest BCUT2D eigenvalue weighted by Gasteiger charge is 2.18. The number of carbonyl (C=O) groups is 1. The molecule has 1 aromatic heterocycles. The van der Waals surface area contributed by atoms with Gasteiger partial charge in [-0.15, -0.1) is 0 Å². The first-order valence-corrected chi connectivity index (χ1v) is 10.2. The summed E-state index contributed by atoms with van der Waals surface area (Å²) in [6, 6.07) is 15.1. The van der Waals surface area contributed by atoms with E-state index in [1.807, 2.05) is 24.3 Å². The Kier molecular flexibility index (Phi) is 6.59. The van der Waals surface area contributed by atoms with Gasteiger partial charge in [0.05, 0.1) is 31.7 Å². The highest BCUT2D eigenvalue weighted by atomic mass is 19.1. The van der Waals surface area contributed by atoms with Gasteiger partial charge in [0, 0.05) is 31.7 Å². The summed E-state index contributed by atoms with van der Waals surface area (Å²) in [5, 5.41) is 7.60. The fraction of sp³-hybridized carbons (Fsp3) is 0.304. The van der Waals surface area contributed by atoms with Gasteiger partial charge < -0.3 is 14.8 Å². The van der Waals surface area contributed by atoms with Gasteiger partial charge in [-0.05, 0) is 42.5 Å². The van der Waals surface area contributed by atoms with E-state index in [1.165, 1.54) is 16.8 Å². The number of amides is 1. The summed E-state index contributed by atoms with van der Waals surface area (Å²) >= 11 is 0. The third-order valence-corrected chi connectivity index (χ3v) is 5.20. The van der Waals surface area contributed by atoms with Gasteiger partial charge in [-0.1, -0.05) is 12.1 Å². The van der Waals surface area contributed by atoms with Crippen molar-refractivity contribution in [3.8, 4) is 22.7 Å². The van der Waals surface area contributed by atoms with Crippen molar-refractivity contribution in [3.63, 3.8) is 0 Å². The van der Waals surface area contributed by atoms with Gasteiger partial charge >= 0.3 is 0 Å². The molecule has 0 atom stereocenters. The van der Waals surface area contributed by atoms with E-state index in [0.29, 0.717) is 29.4 Å². The molecule has 8 heteroatoms. The summed E-state index contributed by atoms with van der Waals surface area (Å²) in [5.74, 6) is 0.116. The van der Waals surface area contributed by atoms with Gasteiger partial charge in [-0.3, -0.25) is 9.69 Å². The third-order valence-electron chi connectivity index (χ3n) is 5.20. The second-order valence-electron chi connectivity index (χ2n) is 7.24. The summed E-state index contributed by atoms with van der Waals surface area (Å²) in [6.45, 7) is 4.43. The summed E-state index contributed by atoms with van der Waals surface area (Å²) in [4.78, 5) is 15.3. The number of methoxy groups -OCH3 is 1. The summed E-state index contributed by atoms with van der Waals surface area (Å²) in [5.41, 5.74) is 2.43. The van der Waals surface area contributed by atoms with Crippen molar-refractivity contribution >= 4 is 5.91 Å². The standard InChI is InChI=1S/C23H25FN4O3/c1-30-20-4-2-3-17(15-20)21-16-22(28(26-21)19-7-5-18(24)6-8-19)23(29)25-9-10-27-11-13-31-14-12-27/h2-8,15-16H,9-14H2,1H3,(H,25,29). The zero-order valence-corrected chi connectivity index (χ0v) is 17.4. The van der Waals surface area contributed by atoms with E-state index in [1.54, 1.807) is 25.3 Å². The number of nitrogens with one attached hydrogen (secondary N) is 1. The summed E-state index contributed by atoms with van der Waals surface area (Å²) < 4.78 is 25.6. The first kappa shape index (κ1) is 21.0. The molecule has 1 aliphatic rings. The molecule has 1 aliphatic heterocycles. The van der Waals surface area contributed by atoms with E-state index in [2.05, 4.69) is 15.3 Å². The van der Waals surface area contributed by atoms with E-state index < -0.39 is 0 Å². The largest absolute Gasteiger partial charge is 0.497 e. The van der Waals surface area contributed by atoms with Crippen molar-refractivity contribution in [1.82, 2.24) is 20.0 Å². The molecular weight excluding hydrogens is 399 g/mol. The number of halogens is 1. The van der Waals surface area contributed by atoms with Crippen LogP contribution in [0.3, 0.4) is 0 Å². The molecule has 1 fully saturated rings. The maximum absolute atomic E-state index is 13.4. The molecule has 0 saturated carbocycles. The Bertz CT molecular complexity index is 1030. The van der Waals surface area contributed by atoms with Gasteiger partial charge in [0.25, 0.3) is 5.91 Å². The van der Waals surface area contributed by atoms with Crippen molar-refractivity contribution < 1.29 is 18.7 Å². The molecule has 4 rings (SSSR count). The molecule has 0 bridgehead atoms. The van der Waals surface area contributed by atoms with Crippen LogP contribution >= 0.6 is 0 Å². The van der Waals surface area contributed by atoms with Crippen LogP contribution in [-0.2, 0) is 4.74 Å². The van der Waals surface area contributed by atoms with Gasteiger partial charge in [-0.25, -0.2) is 9.07 Å². The Morgan fingerprint density at radius 3 is 2.68 bits per heavy atom. The van der Waals surface area contributed by atoms with Crippen LogP contribution in [0.5, 0.6) is 5.75 Å². The topological polar surface area (TPSA) is 68.6 Å². The number of ether oxygens (including phenoxy) is 2. The highest BCUT2D eigenvalue weighted by Crippen LogP contribution is 2.25. The fourth-order valence-electron chi connectivity index (χ4n) is 3.49. The van der Waals surface area contributed by atoms with Crippen molar-refractivity contribution in [1.29, 1.82) is 0 Å². The first-order valence-electron chi connectivity index (χ1n) is 10.2. The Labute approximate surface area is 180 Å². The van der Waals surface area contributed by atoms with Gasteiger partial charge in [0.15, 0.2) is 0 Å². The van der Waals surface area contributed by atoms with Crippen LogP contribution in [0, 0.1) is 5.82 Å². The van der Waals surface area contributed by atoms with E-state index in [-0.39, 0.29) is 11.7 Å². The minimum Gasteiger partial charge on any atom is -0.497 e. The molecule has 162 valence electrons. The molecule has 0 aliphatic carbocycles. The average molecular weight is 424 g/mol. The lowest BCUT2D eigenvalue weighted by molar-refractivity contribution is 0.0383. The number of rotatable bonds is 7. The molecule has 0 unspecified atom stereocenters. The quantitative estimate of drug-likeness (QED) is 0.632. The van der Waals surface area contributed by atoms with Crippen LogP contribution in [0.1, 0.15) is 10.5 Å². The predicted octanol–water partition coefficient (Wildman–Crippen LogP) is 2.75. The smallest absolute Gasteiger partial charge is 0.270 e. The maximum Gasteiger partial charge on any atom is 0.270 e. The molecule has 0 radical (unpaired) electrons. The molecule has 2 aromatic carbocycles. The first-order chi connectivity index (χ1) is 15.1. The number of morpholine rings is 1. The van der Waals surface area contributed by atoms with Crippen molar-refractivity contribution in [2.24, 2.45) is 0 Å². The molecule has 7 nitrogen and oxygen atoms in total. The second-order valence-corrected chi connectivity index (χ2v) is 7.24. The zero-order chi connectivity index (χ0) is 21.6. The van der Waals surface area contributed by atoms with E-state index in [0.717, 1.165) is 38.4 Å². The van der Waals surface area contributed by atoms with E-state index in [4.69, 9.17) is 9.47 Å². The monoisotopic (exact) mass is 424 g/mol. The van der Waals surface area contributed by atoms with Crippen LogP contribution in [0.15, 0.2) is 54.6 Å². The van der Waals surface area contributed by atoms with E-state index >= 15 is 0 Å². The Balaban J connectivity index is 1.58. The number of hydrogen-bond donors (Lipinski definition) is 1. The lowest BCUT2D eigenvalue weighted by atomic mass is 10.1. The minimum absolute atomic E-state index is 0.237. The summed E-state index contributed by atoms with van der Waals surface area (Å²) in [7, 11) is 1.60. The highest BCUT2D eigenvalue weighted by molar-refractivity contribution is 5.94. The van der Waals surface area contributed by atoms with Crippen molar-refractivity contribution in [3.05, 3.63) is 66.1 Å². The van der Waals surface area contributed by atoms with E-state index in [9.17, 15) is 9.18 Å². The SMILES string of the molecule is COc1cccc(-c2cc(C(=O)NCCN3CCOCC3)n(-c3ccc(F)cc3)n2)c1. The average Bonchev–Trinajstić information content (AvgIpc) is 3.26. The van der Waals surface area contributed by atoms with Gasteiger partial charge in [-0.2, -0.15) is 5.10 Å². The minimum atomic E-state index is -0.347. The Hall–Kier alpha value is -3.23. The van der Waals surface area contributed by atoms with Gasteiger partial charge in [0.1, 0.15) is 17.3 Å². The normalized spacial score (nSPS) is 14.4.